The van der Waals surface area contributed by atoms with Gasteiger partial charge in [-0.2, -0.15) is 0 Å². The molecular weight excluding hydrogens is 152 g/mol. The highest BCUT2D eigenvalue weighted by molar-refractivity contribution is 4.68. The van der Waals surface area contributed by atoms with E-state index in [-0.39, 0.29) is 6.23 Å². The van der Waals surface area contributed by atoms with Gasteiger partial charge in [0.05, 0.1) is 6.61 Å². The zero-order valence-corrected chi connectivity index (χ0v) is 8.34. The molecule has 1 aliphatic heterocycles. The number of rotatable bonds is 2. The third-order valence-corrected chi connectivity index (χ3v) is 2.43. The van der Waals surface area contributed by atoms with Crippen molar-refractivity contribution in [3.05, 3.63) is 0 Å². The number of nitrogens with one attached hydrogen (secondary N) is 1. The molecule has 1 N–H and O–H groups in total. The highest BCUT2D eigenvalue weighted by Crippen LogP contribution is 2.07. The van der Waals surface area contributed by atoms with E-state index in [1.807, 2.05) is 7.05 Å². The summed E-state index contributed by atoms with van der Waals surface area (Å²) in [5.41, 5.74) is 0. The molecule has 1 saturated heterocycles. The molecule has 72 valence electrons. The molecule has 0 aliphatic carbocycles. The van der Waals surface area contributed by atoms with Crippen LogP contribution >= 0.6 is 0 Å². The first-order valence-electron chi connectivity index (χ1n) is 4.77. The molecule has 0 spiro atoms. The minimum absolute atomic E-state index is 0.258. The molecule has 0 aromatic carbocycles. The van der Waals surface area contributed by atoms with E-state index in [2.05, 4.69) is 24.1 Å². The van der Waals surface area contributed by atoms with E-state index >= 15 is 0 Å². The molecule has 3 heteroatoms. The molecule has 1 rings (SSSR count). The van der Waals surface area contributed by atoms with Crippen molar-refractivity contribution in [1.29, 1.82) is 0 Å². The summed E-state index contributed by atoms with van der Waals surface area (Å²) in [4.78, 5) is 2.46. The fourth-order valence-electron chi connectivity index (χ4n) is 1.53. The van der Waals surface area contributed by atoms with Crippen molar-refractivity contribution in [3.63, 3.8) is 0 Å². The Bertz CT molecular complexity index is 128. The number of ether oxygens (including phenoxy) is 1. The van der Waals surface area contributed by atoms with E-state index in [4.69, 9.17) is 4.74 Å². The Balaban J connectivity index is 2.34. The van der Waals surface area contributed by atoms with Crippen molar-refractivity contribution >= 4 is 0 Å². The fourth-order valence-corrected chi connectivity index (χ4v) is 1.53. The Labute approximate surface area is 75.1 Å². The predicted octanol–water partition coefficient (Wildman–Crippen LogP) is 0.663. The van der Waals surface area contributed by atoms with Crippen LogP contribution in [-0.2, 0) is 4.74 Å². The van der Waals surface area contributed by atoms with Gasteiger partial charge in [-0.1, -0.05) is 0 Å². The third-order valence-electron chi connectivity index (χ3n) is 2.43. The Hall–Kier alpha value is -0.120. The summed E-state index contributed by atoms with van der Waals surface area (Å²) >= 11 is 0. The van der Waals surface area contributed by atoms with Crippen molar-refractivity contribution < 1.29 is 4.74 Å². The van der Waals surface area contributed by atoms with Gasteiger partial charge in [0.1, 0.15) is 6.23 Å². The Kier molecular flexibility index (Phi) is 3.98. The van der Waals surface area contributed by atoms with Gasteiger partial charge in [-0.25, -0.2) is 0 Å². The topological polar surface area (TPSA) is 24.5 Å². The first-order valence-corrected chi connectivity index (χ1v) is 4.77. The SMILES string of the molecule is CNC1CCN(C(C)C)CCO1. The first-order chi connectivity index (χ1) is 5.74. The molecule has 12 heavy (non-hydrogen) atoms. The molecule has 1 aliphatic rings. The van der Waals surface area contributed by atoms with Crippen LogP contribution in [0.25, 0.3) is 0 Å². The maximum atomic E-state index is 5.58. The van der Waals surface area contributed by atoms with Crippen LogP contribution in [0.3, 0.4) is 0 Å². The van der Waals surface area contributed by atoms with Gasteiger partial charge in [0.25, 0.3) is 0 Å². The monoisotopic (exact) mass is 172 g/mol. The molecule has 0 aromatic rings. The molecular formula is C9H20N2O. The van der Waals surface area contributed by atoms with E-state index < -0.39 is 0 Å². The average molecular weight is 172 g/mol. The minimum atomic E-state index is 0.258. The van der Waals surface area contributed by atoms with Crippen molar-refractivity contribution in [3.8, 4) is 0 Å². The summed E-state index contributed by atoms with van der Waals surface area (Å²) in [6.45, 7) is 7.53. The maximum Gasteiger partial charge on any atom is 0.109 e. The van der Waals surface area contributed by atoms with Crippen molar-refractivity contribution in [2.24, 2.45) is 0 Å². The van der Waals surface area contributed by atoms with Gasteiger partial charge in [0.2, 0.25) is 0 Å². The van der Waals surface area contributed by atoms with Gasteiger partial charge in [0, 0.05) is 19.1 Å². The van der Waals surface area contributed by atoms with Gasteiger partial charge in [0.15, 0.2) is 0 Å². The summed E-state index contributed by atoms with van der Waals surface area (Å²) in [7, 11) is 1.95. The summed E-state index contributed by atoms with van der Waals surface area (Å²) in [5, 5.41) is 3.15. The lowest BCUT2D eigenvalue weighted by molar-refractivity contribution is 0.0434. The van der Waals surface area contributed by atoms with E-state index in [0.717, 1.165) is 26.1 Å². The second kappa shape index (κ2) is 4.80. The number of hydrogen-bond acceptors (Lipinski definition) is 3. The van der Waals surface area contributed by atoms with Crippen LogP contribution in [0.1, 0.15) is 20.3 Å². The lowest BCUT2D eigenvalue weighted by Gasteiger charge is -2.23. The molecule has 1 heterocycles. The predicted molar refractivity (Wildman–Crippen MR) is 50.1 cm³/mol. The Morgan fingerprint density at radius 3 is 2.75 bits per heavy atom. The summed E-state index contributed by atoms with van der Waals surface area (Å²) in [6, 6.07) is 0.643. The molecule has 0 aromatic heterocycles. The molecule has 1 atom stereocenters. The lowest BCUT2D eigenvalue weighted by atomic mass is 10.3. The fraction of sp³-hybridized carbons (Fsp3) is 1.00. The van der Waals surface area contributed by atoms with Gasteiger partial charge in [-0.15, -0.1) is 0 Å². The summed E-state index contributed by atoms with van der Waals surface area (Å²) in [5.74, 6) is 0. The van der Waals surface area contributed by atoms with Gasteiger partial charge >= 0.3 is 0 Å². The summed E-state index contributed by atoms with van der Waals surface area (Å²) < 4.78 is 5.58. The van der Waals surface area contributed by atoms with Crippen LogP contribution in [0.4, 0.5) is 0 Å². The average Bonchev–Trinajstić information content (AvgIpc) is 2.28. The smallest absolute Gasteiger partial charge is 0.109 e. The van der Waals surface area contributed by atoms with Gasteiger partial charge < -0.3 is 4.74 Å². The van der Waals surface area contributed by atoms with Crippen LogP contribution in [0, 0.1) is 0 Å². The van der Waals surface area contributed by atoms with Crippen molar-refractivity contribution in [1.82, 2.24) is 10.2 Å². The summed E-state index contributed by atoms with van der Waals surface area (Å²) in [6.07, 6.45) is 1.35. The van der Waals surface area contributed by atoms with Gasteiger partial charge in [-0.05, 0) is 27.3 Å². The van der Waals surface area contributed by atoms with Crippen LogP contribution in [0.15, 0.2) is 0 Å². The zero-order valence-electron chi connectivity index (χ0n) is 8.34. The van der Waals surface area contributed by atoms with Crippen LogP contribution < -0.4 is 5.32 Å². The van der Waals surface area contributed by atoms with Crippen LogP contribution in [-0.4, -0.2) is 43.9 Å². The lowest BCUT2D eigenvalue weighted by Crippen LogP contribution is -2.33. The van der Waals surface area contributed by atoms with Crippen molar-refractivity contribution in [2.75, 3.05) is 26.7 Å². The largest absolute Gasteiger partial charge is 0.362 e. The minimum Gasteiger partial charge on any atom is -0.362 e. The van der Waals surface area contributed by atoms with Crippen LogP contribution in [0.2, 0.25) is 0 Å². The maximum absolute atomic E-state index is 5.58. The molecule has 0 radical (unpaired) electrons. The quantitative estimate of drug-likeness (QED) is 0.662. The Morgan fingerprint density at radius 1 is 1.42 bits per heavy atom. The zero-order chi connectivity index (χ0) is 8.97. The third kappa shape index (κ3) is 2.73. The molecule has 1 unspecified atom stereocenters. The highest BCUT2D eigenvalue weighted by atomic mass is 16.5. The molecule has 0 bridgehead atoms. The molecule has 0 amide bonds. The standard InChI is InChI=1S/C9H20N2O/c1-8(2)11-5-4-9(10-3)12-7-6-11/h8-10H,4-7H2,1-3H3. The second-order valence-electron chi connectivity index (χ2n) is 3.57. The molecule has 0 saturated carbocycles. The van der Waals surface area contributed by atoms with E-state index in [0.29, 0.717) is 6.04 Å². The highest BCUT2D eigenvalue weighted by Gasteiger charge is 2.17. The molecule has 1 fully saturated rings. The number of nitrogens with zero attached hydrogens (tertiary/aromatic N) is 1. The van der Waals surface area contributed by atoms with Crippen molar-refractivity contribution in [2.45, 2.75) is 32.5 Å². The first kappa shape index (κ1) is 9.96. The number of hydrogen-bond donors (Lipinski definition) is 1. The van der Waals surface area contributed by atoms with E-state index in [9.17, 15) is 0 Å². The van der Waals surface area contributed by atoms with Gasteiger partial charge in [-0.3, -0.25) is 10.2 Å². The normalized spacial score (nSPS) is 27.5. The van der Waals surface area contributed by atoms with E-state index in [1.54, 1.807) is 0 Å². The van der Waals surface area contributed by atoms with E-state index in [1.165, 1.54) is 0 Å². The molecule has 3 nitrogen and oxygen atoms in total. The van der Waals surface area contributed by atoms with Crippen LogP contribution in [0.5, 0.6) is 0 Å². The Morgan fingerprint density at radius 2 is 2.17 bits per heavy atom. The second-order valence-corrected chi connectivity index (χ2v) is 3.57.